The summed E-state index contributed by atoms with van der Waals surface area (Å²) in [6.07, 6.45) is 6.41. The Bertz CT molecular complexity index is 1070. The van der Waals surface area contributed by atoms with E-state index in [1.807, 2.05) is 18.2 Å². The Hall–Kier alpha value is -3.11. The molecule has 0 spiro atoms. The van der Waals surface area contributed by atoms with Crippen LogP contribution in [0.2, 0.25) is 5.02 Å². The zero-order valence-corrected chi connectivity index (χ0v) is 18.6. The van der Waals surface area contributed by atoms with Crippen LogP contribution in [-0.2, 0) is 4.79 Å². The second-order valence-corrected chi connectivity index (χ2v) is 8.56. The minimum atomic E-state index is -0.342. The molecule has 164 valence electrons. The average molecular weight is 448 g/mol. The molecule has 0 atom stereocenters. The van der Waals surface area contributed by atoms with Crippen LogP contribution in [0.3, 0.4) is 0 Å². The van der Waals surface area contributed by atoms with E-state index >= 15 is 0 Å². The summed E-state index contributed by atoms with van der Waals surface area (Å²) in [4.78, 5) is 25.4. The topological polar surface area (TPSA) is 55.4 Å². The summed E-state index contributed by atoms with van der Waals surface area (Å²) in [7, 11) is 0. The number of carbonyl (C=O) groups is 2. The number of ketones is 1. The molecule has 5 heteroatoms. The monoisotopic (exact) mass is 447 g/mol. The number of carbonyl (C=O) groups excluding carboxylic acids is 2. The van der Waals surface area contributed by atoms with Crippen molar-refractivity contribution in [2.45, 2.75) is 38.0 Å². The lowest BCUT2D eigenvalue weighted by atomic mass is 9.84. The average Bonchev–Trinajstić information content (AvgIpc) is 2.85. The minimum Gasteiger partial charge on any atom is -0.484 e. The number of hydrogen-bond donors (Lipinski definition) is 1. The van der Waals surface area contributed by atoms with Crippen molar-refractivity contribution in [2.24, 2.45) is 0 Å². The van der Waals surface area contributed by atoms with Gasteiger partial charge in [-0.25, -0.2) is 0 Å². The van der Waals surface area contributed by atoms with Crippen molar-refractivity contribution in [3.63, 3.8) is 0 Å². The Morgan fingerprint density at radius 2 is 1.62 bits per heavy atom. The maximum atomic E-state index is 12.9. The number of hydrogen-bond acceptors (Lipinski definition) is 3. The first-order chi connectivity index (χ1) is 15.6. The number of benzene rings is 3. The van der Waals surface area contributed by atoms with Crippen LogP contribution in [0, 0.1) is 0 Å². The van der Waals surface area contributed by atoms with Crippen molar-refractivity contribution in [1.29, 1.82) is 0 Å². The molecule has 4 rings (SSSR count). The summed E-state index contributed by atoms with van der Waals surface area (Å²) in [6, 6.07) is 21.8. The lowest BCUT2D eigenvalue weighted by molar-refractivity contribution is -0.118. The number of rotatable bonds is 7. The molecule has 3 aromatic carbocycles. The van der Waals surface area contributed by atoms with Crippen LogP contribution in [-0.4, -0.2) is 18.3 Å². The minimum absolute atomic E-state index is 0.148. The highest BCUT2D eigenvalue weighted by molar-refractivity contribution is 6.31. The van der Waals surface area contributed by atoms with Gasteiger partial charge in [-0.2, -0.15) is 0 Å². The molecule has 4 nitrogen and oxygen atoms in total. The van der Waals surface area contributed by atoms with E-state index in [4.69, 9.17) is 16.3 Å². The van der Waals surface area contributed by atoms with Gasteiger partial charge in [-0.3, -0.25) is 9.59 Å². The fourth-order valence-corrected chi connectivity index (χ4v) is 4.34. The van der Waals surface area contributed by atoms with Gasteiger partial charge < -0.3 is 10.1 Å². The molecule has 0 aromatic heterocycles. The molecular formula is C27H26ClNO3. The molecule has 0 unspecified atom stereocenters. The quantitative estimate of drug-likeness (QED) is 0.413. The van der Waals surface area contributed by atoms with Crippen LogP contribution >= 0.6 is 11.6 Å². The third-order valence-electron chi connectivity index (χ3n) is 5.86. The standard InChI is InChI=1S/C27H26ClNO3/c28-22-13-16-25(24(17-22)27(31)21-9-5-2-6-10-21)29-26(30)18-32-23-14-11-20(12-15-23)19-7-3-1-4-8-19/h2,5-6,9-17,19H,1,3-4,7-8,18H2,(H,29,30). The Balaban J connectivity index is 1.38. The fraction of sp³-hybridized carbons (Fsp3) is 0.259. The third kappa shape index (κ3) is 5.57. The Morgan fingerprint density at radius 1 is 0.906 bits per heavy atom. The van der Waals surface area contributed by atoms with Gasteiger partial charge in [-0.1, -0.05) is 73.3 Å². The molecule has 0 radical (unpaired) electrons. The third-order valence-corrected chi connectivity index (χ3v) is 6.10. The van der Waals surface area contributed by atoms with Gasteiger partial charge in [-0.05, 0) is 54.7 Å². The van der Waals surface area contributed by atoms with E-state index in [0.717, 1.165) is 0 Å². The molecule has 0 aliphatic heterocycles. The molecule has 1 saturated carbocycles. The molecule has 1 fully saturated rings. The van der Waals surface area contributed by atoms with Crippen molar-refractivity contribution in [2.75, 3.05) is 11.9 Å². The lowest BCUT2D eigenvalue weighted by Crippen LogP contribution is -2.21. The second kappa shape index (κ2) is 10.5. The van der Waals surface area contributed by atoms with Gasteiger partial charge >= 0.3 is 0 Å². The summed E-state index contributed by atoms with van der Waals surface area (Å²) in [5.41, 5.74) is 2.62. The highest BCUT2D eigenvalue weighted by Crippen LogP contribution is 2.33. The van der Waals surface area contributed by atoms with Crippen molar-refractivity contribution in [1.82, 2.24) is 0 Å². The van der Waals surface area contributed by atoms with E-state index in [0.29, 0.717) is 33.5 Å². The summed E-state index contributed by atoms with van der Waals surface area (Å²) in [6.45, 7) is -0.148. The normalized spacial score (nSPS) is 14.0. The zero-order chi connectivity index (χ0) is 22.3. The molecule has 0 bridgehead atoms. The van der Waals surface area contributed by atoms with Crippen molar-refractivity contribution >= 4 is 29.0 Å². The van der Waals surface area contributed by atoms with Crippen molar-refractivity contribution in [3.8, 4) is 5.75 Å². The van der Waals surface area contributed by atoms with Crippen LogP contribution in [0.25, 0.3) is 0 Å². The number of amides is 1. The van der Waals surface area contributed by atoms with Crippen molar-refractivity contribution in [3.05, 3.63) is 94.5 Å². The van der Waals surface area contributed by atoms with Gasteiger partial charge in [0, 0.05) is 16.1 Å². The predicted octanol–water partition coefficient (Wildman–Crippen LogP) is 6.64. The van der Waals surface area contributed by atoms with E-state index < -0.39 is 0 Å². The van der Waals surface area contributed by atoms with E-state index in [1.165, 1.54) is 37.7 Å². The molecule has 0 saturated heterocycles. The van der Waals surface area contributed by atoms with Gasteiger partial charge in [0.25, 0.3) is 5.91 Å². The number of halogens is 1. The number of nitrogens with one attached hydrogen (secondary N) is 1. The Morgan fingerprint density at radius 3 is 2.34 bits per heavy atom. The van der Waals surface area contributed by atoms with Crippen LogP contribution in [0.15, 0.2) is 72.8 Å². The SMILES string of the molecule is O=C(COc1ccc(C2CCCCC2)cc1)Nc1ccc(Cl)cc1C(=O)c1ccccc1. The summed E-state index contributed by atoms with van der Waals surface area (Å²) in [5.74, 6) is 0.733. The summed E-state index contributed by atoms with van der Waals surface area (Å²) < 4.78 is 5.67. The molecule has 1 aliphatic carbocycles. The molecule has 1 amide bonds. The highest BCUT2D eigenvalue weighted by atomic mass is 35.5. The molecule has 1 N–H and O–H groups in total. The molecule has 32 heavy (non-hydrogen) atoms. The Labute approximate surface area is 193 Å². The van der Waals surface area contributed by atoms with Gasteiger partial charge in [0.2, 0.25) is 0 Å². The van der Waals surface area contributed by atoms with Crippen LogP contribution in [0.5, 0.6) is 5.75 Å². The maximum Gasteiger partial charge on any atom is 0.262 e. The fourth-order valence-electron chi connectivity index (χ4n) is 4.17. The largest absolute Gasteiger partial charge is 0.484 e. The molecule has 1 aliphatic rings. The first-order valence-corrected chi connectivity index (χ1v) is 11.4. The van der Waals surface area contributed by atoms with Gasteiger partial charge in [0.05, 0.1) is 5.69 Å². The second-order valence-electron chi connectivity index (χ2n) is 8.13. The summed E-state index contributed by atoms with van der Waals surface area (Å²) in [5, 5.41) is 3.21. The van der Waals surface area contributed by atoms with E-state index in [9.17, 15) is 9.59 Å². The first-order valence-electron chi connectivity index (χ1n) is 11.0. The summed E-state index contributed by atoms with van der Waals surface area (Å²) >= 11 is 6.11. The van der Waals surface area contributed by atoms with E-state index in [-0.39, 0.29) is 18.3 Å². The molecule has 0 heterocycles. The van der Waals surface area contributed by atoms with E-state index in [1.54, 1.807) is 42.5 Å². The smallest absolute Gasteiger partial charge is 0.262 e. The van der Waals surface area contributed by atoms with Gasteiger partial charge in [0.15, 0.2) is 12.4 Å². The van der Waals surface area contributed by atoms with Crippen LogP contribution in [0.1, 0.15) is 59.5 Å². The van der Waals surface area contributed by atoms with Crippen LogP contribution < -0.4 is 10.1 Å². The van der Waals surface area contributed by atoms with Crippen LogP contribution in [0.4, 0.5) is 5.69 Å². The van der Waals surface area contributed by atoms with E-state index in [2.05, 4.69) is 17.4 Å². The number of ether oxygens (including phenoxy) is 1. The Kier molecular flexibility index (Phi) is 7.23. The zero-order valence-electron chi connectivity index (χ0n) is 17.9. The predicted molar refractivity (Wildman–Crippen MR) is 128 cm³/mol. The number of anilines is 1. The van der Waals surface area contributed by atoms with Gasteiger partial charge in [-0.15, -0.1) is 0 Å². The van der Waals surface area contributed by atoms with Crippen molar-refractivity contribution < 1.29 is 14.3 Å². The molecular weight excluding hydrogens is 422 g/mol. The van der Waals surface area contributed by atoms with Gasteiger partial charge in [0.1, 0.15) is 5.75 Å². The highest BCUT2D eigenvalue weighted by Gasteiger charge is 2.17. The first kappa shape index (κ1) is 22.1. The lowest BCUT2D eigenvalue weighted by Gasteiger charge is -2.22. The molecule has 3 aromatic rings. The maximum absolute atomic E-state index is 12.9.